The van der Waals surface area contributed by atoms with Gasteiger partial charge in [-0.3, -0.25) is 0 Å². The Kier molecular flexibility index (Phi) is 3.66. The topological polar surface area (TPSA) is 37.8 Å². The van der Waals surface area contributed by atoms with E-state index in [4.69, 9.17) is 11.6 Å². The Morgan fingerprint density at radius 3 is 3.06 bits per heavy atom. The summed E-state index contributed by atoms with van der Waals surface area (Å²) in [5.41, 5.74) is 1.01. The molecule has 0 spiro atoms. The Hall–Kier alpha value is -0.870. The Morgan fingerprint density at radius 1 is 1.22 bits per heavy atom. The molecule has 0 aliphatic heterocycles. The molecule has 0 aromatic carbocycles. The lowest BCUT2D eigenvalue weighted by Gasteiger charge is -2.21. The van der Waals surface area contributed by atoms with E-state index in [1.165, 1.54) is 19.3 Å². The molecule has 2 aromatic heterocycles. The normalized spacial score (nSPS) is 24.9. The third-order valence-electron chi connectivity index (χ3n) is 3.50. The van der Waals surface area contributed by atoms with Crippen LogP contribution in [0.3, 0.4) is 0 Å². The molecule has 0 bridgehead atoms. The maximum atomic E-state index is 6.46. The highest BCUT2D eigenvalue weighted by Crippen LogP contribution is 2.29. The lowest BCUT2D eigenvalue weighted by Crippen LogP contribution is -2.29. The van der Waals surface area contributed by atoms with Gasteiger partial charge in [-0.25, -0.2) is 9.97 Å². The van der Waals surface area contributed by atoms with Crippen LogP contribution in [-0.4, -0.2) is 21.4 Å². The average molecular weight is 282 g/mol. The minimum atomic E-state index is 0.206. The van der Waals surface area contributed by atoms with Gasteiger partial charge in [0.05, 0.1) is 15.6 Å². The van der Waals surface area contributed by atoms with E-state index < -0.39 is 0 Å². The third-order valence-corrected chi connectivity index (χ3v) is 4.93. The first-order valence-electron chi connectivity index (χ1n) is 6.43. The van der Waals surface area contributed by atoms with Crippen LogP contribution in [0.5, 0.6) is 0 Å². The van der Waals surface area contributed by atoms with Crippen LogP contribution in [0.1, 0.15) is 32.1 Å². The molecule has 1 aliphatic rings. The Labute approximate surface area is 116 Å². The molecule has 96 valence electrons. The van der Waals surface area contributed by atoms with Gasteiger partial charge >= 0.3 is 0 Å². The summed E-state index contributed by atoms with van der Waals surface area (Å²) >= 11 is 8.14. The number of nitrogens with zero attached hydrogens (tertiary/aromatic N) is 2. The van der Waals surface area contributed by atoms with Crippen LogP contribution in [0.4, 0.5) is 5.82 Å². The van der Waals surface area contributed by atoms with Gasteiger partial charge < -0.3 is 5.32 Å². The first-order valence-corrected chi connectivity index (χ1v) is 7.75. The molecule has 3 nitrogen and oxygen atoms in total. The molecule has 3 rings (SSSR count). The zero-order chi connectivity index (χ0) is 12.4. The highest BCUT2D eigenvalue weighted by molar-refractivity contribution is 7.17. The van der Waals surface area contributed by atoms with Crippen LogP contribution in [0.2, 0.25) is 0 Å². The summed E-state index contributed by atoms with van der Waals surface area (Å²) in [7, 11) is 0. The van der Waals surface area contributed by atoms with E-state index in [1.54, 1.807) is 17.7 Å². The number of halogens is 1. The number of hydrogen-bond donors (Lipinski definition) is 1. The van der Waals surface area contributed by atoms with E-state index in [1.807, 2.05) is 6.07 Å². The quantitative estimate of drug-likeness (QED) is 0.667. The molecule has 5 heteroatoms. The maximum Gasteiger partial charge on any atom is 0.147 e. The molecule has 1 fully saturated rings. The Bertz CT molecular complexity index is 528. The lowest BCUT2D eigenvalue weighted by molar-refractivity contribution is 0.625. The third kappa shape index (κ3) is 2.45. The second-order valence-electron chi connectivity index (χ2n) is 4.76. The van der Waals surface area contributed by atoms with Gasteiger partial charge in [-0.2, -0.15) is 0 Å². The predicted molar refractivity (Wildman–Crippen MR) is 77.6 cm³/mol. The van der Waals surface area contributed by atoms with Gasteiger partial charge in [0.2, 0.25) is 0 Å². The molecular weight excluding hydrogens is 266 g/mol. The first-order chi connectivity index (χ1) is 8.84. The molecule has 1 aliphatic carbocycles. The summed E-state index contributed by atoms with van der Waals surface area (Å²) in [6, 6.07) is 2.35. The largest absolute Gasteiger partial charge is 0.365 e. The van der Waals surface area contributed by atoms with Crippen LogP contribution in [-0.2, 0) is 0 Å². The molecular formula is C13H16ClN3S. The second-order valence-corrected chi connectivity index (χ2v) is 6.24. The standard InChI is InChI=1S/C13H16ClN3S/c14-9-4-2-1-3-5-10(9)17-13-12-11(6-7-18-12)15-8-16-13/h6-10H,1-5H2,(H,15,16,17). The van der Waals surface area contributed by atoms with E-state index in [2.05, 4.69) is 20.7 Å². The van der Waals surface area contributed by atoms with Crippen molar-refractivity contribution in [2.24, 2.45) is 0 Å². The van der Waals surface area contributed by atoms with Crippen LogP contribution in [0.25, 0.3) is 10.2 Å². The molecule has 2 unspecified atom stereocenters. The van der Waals surface area contributed by atoms with E-state index in [0.29, 0.717) is 6.04 Å². The van der Waals surface area contributed by atoms with Crippen molar-refractivity contribution in [3.63, 3.8) is 0 Å². The summed E-state index contributed by atoms with van der Waals surface area (Å²) in [6.07, 6.45) is 7.63. The summed E-state index contributed by atoms with van der Waals surface area (Å²) in [6.45, 7) is 0. The molecule has 2 aromatic rings. The van der Waals surface area contributed by atoms with Crippen molar-refractivity contribution in [2.75, 3.05) is 5.32 Å². The molecule has 0 radical (unpaired) electrons. The molecule has 1 saturated carbocycles. The fourth-order valence-corrected chi connectivity index (χ4v) is 3.63. The van der Waals surface area contributed by atoms with Crippen LogP contribution in [0.15, 0.2) is 17.8 Å². The molecule has 2 atom stereocenters. The van der Waals surface area contributed by atoms with Gasteiger partial charge in [-0.05, 0) is 24.3 Å². The van der Waals surface area contributed by atoms with E-state index in [9.17, 15) is 0 Å². The zero-order valence-corrected chi connectivity index (χ0v) is 11.7. The van der Waals surface area contributed by atoms with Gasteiger partial charge in [-0.15, -0.1) is 22.9 Å². The number of nitrogens with one attached hydrogen (secondary N) is 1. The molecule has 0 saturated heterocycles. The smallest absolute Gasteiger partial charge is 0.147 e. The van der Waals surface area contributed by atoms with Crippen LogP contribution >= 0.6 is 22.9 Å². The number of aromatic nitrogens is 2. The average Bonchev–Trinajstić information content (AvgIpc) is 2.77. The summed E-state index contributed by atoms with van der Waals surface area (Å²) in [4.78, 5) is 8.63. The summed E-state index contributed by atoms with van der Waals surface area (Å²) in [5, 5.41) is 5.78. The lowest BCUT2D eigenvalue weighted by atomic mass is 10.1. The maximum absolute atomic E-state index is 6.46. The van der Waals surface area contributed by atoms with Gasteiger partial charge in [0.1, 0.15) is 12.1 Å². The van der Waals surface area contributed by atoms with E-state index >= 15 is 0 Å². The predicted octanol–water partition coefficient (Wildman–Crippen LogP) is 4.04. The van der Waals surface area contributed by atoms with Crippen molar-refractivity contribution in [3.05, 3.63) is 17.8 Å². The highest BCUT2D eigenvalue weighted by atomic mass is 35.5. The highest BCUT2D eigenvalue weighted by Gasteiger charge is 2.22. The number of alkyl halides is 1. The molecule has 1 N–H and O–H groups in total. The van der Waals surface area contributed by atoms with Crippen molar-refractivity contribution >= 4 is 39.0 Å². The summed E-state index contributed by atoms with van der Waals surface area (Å²) < 4.78 is 1.13. The van der Waals surface area contributed by atoms with Crippen LogP contribution < -0.4 is 5.32 Å². The molecule has 0 amide bonds. The number of fused-ring (bicyclic) bond motifs is 1. The van der Waals surface area contributed by atoms with Crippen molar-refractivity contribution in [3.8, 4) is 0 Å². The van der Waals surface area contributed by atoms with Crippen molar-refractivity contribution in [1.82, 2.24) is 9.97 Å². The van der Waals surface area contributed by atoms with E-state index in [-0.39, 0.29) is 5.38 Å². The number of anilines is 1. The Balaban J connectivity index is 1.84. The van der Waals surface area contributed by atoms with Gasteiger partial charge in [0.15, 0.2) is 0 Å². The molecule has 18 heavy (non-hydrogen) atoms. The van der Waals surface area contributed by atoms with Crippen molar-refractivity contribution in [1.29, 1.82) is 0 Å². The molecule has 2 heterocycles. The Morgan fingerprint density at radius 2 is 2.11 bits per heavy atom. The first kappa shape index (κ1) is 12.2. The minimum absolute atomic E-state index is 0.206. The van der Waals surface area contributed by atoms with Gasteiger partial charge in [-0.1, -0.05) is 19.3 Å². The number of hydrogen-bond acceptors (Lipinski definition) is 4. The monoisotopic (exact) mass is 281 g/mol. The number of thiophene rings is 1. The van der Waals surface area contributed by atoms with Crippen molar-refractivity contribution < 1.29 is 0 Å². The fourth-order valence-electron chi connectivity index (χ4n) is 2.49. The second kappa shape index (κ2) is 5.41. The zero-order valence-electron chi connectivity index (χ0n) is 10.1. The minimum Gasteiger partial charge on any atom is -0.365 e. The fraction of sp³-hybridized carbons (Fsp3) is 0.538. The SMILES string of the molecule is ClC1CCCCCC1Nc1ncnc2ccsc12. The van der Waals surface area contributed by atoms with Crippen LogP contribution in [0, 0.1) is 0 Å². The van der Waals surface area contributed by atoms with Gasteiger partial charge in [0.25, 0.3) is 0 Å². The van der Waals surface area contributed by atoms with E-state index in [0.717, 1.165) is 28.9 Å². The summed E-state index contributed by atoms with van der Waals surface area (Å²) in [5.74, 6) is 0.938. The van der Waals surface area contributed by atoms with Crippen molar-refractivity contribution in [2.45, 2.75) is 43.5 Å². The van der Waals surface area contributed by atoms with Gasteiger partial charge in [0, 0.05) is 6.04 Å². The number of rotatable bonds is 2.